The highest BCUT2D eigenvalue weighted by Gasteiger charge is 2.35. The Morgan fingerprint density at radius 1 is 1.29 bits per heavy atom. The number of rotatable bonds is 5. The van der Waals surface area contributed by atoms with Crippen molar-refractivity contribution in [2.75, 3.05) is 12.8 Å². The molecule has 1 aliphatic rings. The van der Waals surface area contributed by atoms with Crippen LogP contribution in [0.15, 0.2) is 0 Å². The van der Waals surface area contributed by atoms with Crippen molar-refractivity contribution in [1.82, 2.24) is 5.32 Å². The highest BCUT2D eigenvalue weighted by atomic mass is 32.2. The molecule has 0 amide bonds. The van der Waals surface area contributed by atoms with Crippen molar-refractivity contribution in [3.63, 3.8) is 0 Å². The third-order valence-corrected chi connectivity index (χ3v) is 6.05. The van der Waals surface area contributed by atoms with Gasteiger partial charge >= 0.3 is 0 Å². The molecule has 0 aromatic heterocycles. The van der Waals surface area contributed by atoms with Crippen molar-refractivity contribution in [3.05, 3.63) is 0 Å². The minimum atomic E-state index is -2.90. The van der Waals surface area contributed by atoms with Crippen LogP contribution in [-0.4, -0.2) is 32.5 Å². The van der Waals surface area contributed by atoms with Gasteiger partial charge in [-0.05, 0) is 24.2 Å². The molecule has 0 spiro atoms. The zero-order chi connectivity index (χ0) is 13.3. The summed E-state index contributed by atoms with van der Waals surface area (Å²) in [4.78, 5) is 0. The number of hydrogen-bond acceptors (Lipinski definition) is 3. The number of sulfone groups is 1. The van der Waals surface area contributed by atoms with Gasteiger partial charge in [0.25, 0.3) is 0 Å². The van der Waals surface area contributed by atoms with E-state index in [0.717, 1.165) is 25.8 Å². The summed E-state index contributed by atoms with van der Waals surface area (Å²) in [6.45, 7) is 9.78. The van der Waals surface area contributed by atoms with Gasteiger partial charge < -0.3 is 5.32 Å². The van der Waals surface area contributed by atoms with Gasteiger partial charge in [0.2, 0.25) is 0 Å². The maximum Gasteiger partial charge on any atom is 0.151 e. The lowest BCUT2D eigenvalue weighted by molar-refractivity contribution is 0.228. The fourth-order valence-electron chi connectivity index (χ4n) is 2.27. The quantitative estimate of drug-likeness (QED) is 0.825. The zero-order valence-electron chi connectivity index (χ0n) is 11.8. The molecule has 102 valence electrons. The van der Waals surface area contributed by atoms with E-state index in [-0.39, 0.29) is 16.7 Å². The van der Waals surface area contributed by atoms with Gasteiger partial charge in [-0.15, -0.1) is 0 Å². The van der Waals surface area contributed by atoms with Crippen LogP contribution in [0.2, 0.25) is 0 Å². The van der Waals surface area contributed by atoms with Gasteiger partial charge in [0.15, 0.2) is 9.84 Å². The largest absolute Gasteiger partial charge is 0.312 e. The first kappa shape index (κ1) is 15.0. The summed E-state index contributed by atoms with van der Waals surface area (Å²) in [7, 11) is -2.90. The first-order valence-corrected chi connectivity index (χ1v) is 8.52. The monoisotopic (exact) mass is 261 g/mol. The fraction of sp³-hybridized carbons (Fsp3) is 1.00. The van der Waals surface area contributed by atoms with Crippen LogP contribution >= 0.6 is 0 Å². The van der Waals surface area contributed by atoms with Crippen molar-refractivity contribution in [2.24, 2.45) is 11.3 Å². The molecule has 1 N–H and O–H groups in total. The van der Waals surface area contributed by atoms with Gasteiger partial charge in [-0.3, -0.25) is 0 Å². The molecule has 1 fully saturated rings. The highest BCUT2D eigenvalue weighted by Crippen LogP contribution is 2.28. The smallest absolute Gasteiger partial charge is 0.151 e. The van der Waals surface area contributed by atoms with E-state index in [4.69, 9.17) is 0 Å². The standard InChI is InChI=1S/C13H27NO2S/c1-10(2)13(3,4)9-14-11-7-6-8-12(11)17(5,15)16/h10-12,14H,6-9H2,1-5H3. The van der Waals surface area contributed by atoms with Crippen LogP contribution < -0.4 is 5.32 Å². The van der Waals surface area contributed by atoms with E-state index < -0.39 is 9.84 Å². The second-order valence-corrected chi connectivity index (χ2v) is 8.69. The Kier molecular flexibility index (Phi) is 4.64. The van der Waals surface area contributed by atoms with Gasteiger partial charge in [0, 0.05) is 18.8 Å². The normalized spacial score (nSPS) is 26.7. The first-order chi connectivity index (χ1) is 7.64. The summed E-state index contributed by atoms with van der Waals surface area (Å²) in [5, 5.41) is 3.31. The molecule has 2 unspecified atom stereocenters. The maximum absolute atomic E-state index is 11.7. The summed E-state index contributed by atoms with van der Waals surface area (Å²) in [6.07, 6.45) is 4.20. The number of nitrogens with one attached hydrogen (secondary N) is 1. The molecule has 0 aliphatic heterocycles. The Morgan fingerprint density at radius 2 is 1.88 bits per heavy atom. The van der Waals surface area contributed by atoms with Crippen LogP contribution in [0.3, 0.4) is 0 Å². The Hall–Kier alpha value is -0.0900. The Bertz CT molecular complexity index is 346. The second-order valence-electron chi connectivity index (χ2n) is 6.43. The van der Waals surface area contributed by atoms with E-state index in [1.54, 1.807) is 0 Å². The zero-order valence-corrected chi connectivity index (χ0v) is 12.6. The molecular formula is C13H27NO2S. The van der Waals surface area contributed by atoms with Crippen LogP contribution in [-0.2, 0) is 9.84 Å². The Labute approximate surface area is 106 Å². The third kappa shape index (κ3) is 3.95. The van der Waals surface area contributed by atoms with E-state index >= 15 is 0 Å². The summed E-state index contributed by atoms with van der Waals surface area (Å²) < 4.78 is 23.3. The lowest BCUT2D eigenvalue weighted by Gasteiger charge is -2.32. The summed E-state index contributed by atoms with van der Waals surface area (Å²) in [5.41, 5.74) is 0.213. The molecule has 0 radical (unpaired) electrons. The molecule has 3 nitrogen and oxygen atoms in total. The lowest BCUT2D eigenvalue weighted by Crippen LogP contribution is -2.45. The molecular weight excluding hydrogens is 234 g/mol. The van der Waals surface area contributed by atoms with Crippen LogP contribution in [0.4, 0.5) is 0 Å². The first-order valence-electron chi connectivity index (χ1n) is 6.57. The average molecular weight is 261 g/mol. The average Bonchev–Trinajstić information content (AvgIpc) is 2.61. The van der Waals surface area contributed by atoms with E-state index in [1.807, 2.05) is 0 Å². The molecule has 1 aliphatic carbocycles. The molecule has 0 aromatic rings. The molecule has 0 saturated heterocycles. The SMILES string of the molecule is CC(C)C(C)(C)CNC1CCCC1S(C)(=O)=O. The number of hydrogen-bond donors (Lipinski definition) is 1. The van der Waals surface area contributed by atoms with E-state index in [9.17, 15) is 8.42 Å². The van der Waals surface area contributed by atoms with Crippen LogP contribution in [0.25, 0.3) is 0 Å². The molecule has 1 saturated carbocycles. The topological polar surface area (TPSA) is 46.2 Å². The van der Waals surface area contributed by atoms with Gasteiger partial charge in [-0.2, -0.15) is 0 Å². The minimum Gasteiger partial charge on any atom is -0.312 e. The van der Waals surface area contributed by atoms with Gasteiger partial charge in [-0.1, -0.05) is 34.1 Å². The van der Waals surface area contributed by atoms with Gasteiger partial charge in [0.1, 0.15) is 0 Å². The van der Waals surface area contributed by atoms with Gasteiger partial charge in [-0.25, -0.2) is 8.42 Å². The molecule has 2 atom stereocenters. The second kappa shape index (κ2) is 5.27. The molecule has 0 heterocycles. The molecule has 1 rings (SSSR count). The van der Waals surface area contributed by atoms with E-state index in [1.165, 1.54) is 6.26 Å². The molecule has 0 bridgehead atoms. The Balaban J connectivity index is 2.58. The van der Waals surface area contributed by atoms with E-state index in [2.05, 4.69) is 33.0 Å². The summed E-state index contributed by atoms with van der Waals surface area (Å²) >= 11 is 0. The highest BCUT2D eigenvalue weighted by molar-refractivity contribution is 7.91. The lowest BCUT2D eigenvalue weighted by atomic mass is 9.81. The van der Waals surface area contributed by atoms with Crippen molar-refractivity contribution in [1.29, 1.82) is 0 Å². The summed E-state index contributed by atoms with van der Waals surface area (Å²) in [5.74, 6) is 0.591. The van der Waals surface area contributed by atoms with Crippen LogP contribution in [0, 0.1) is 11.3 Å². The van der Waals surface area contributed by atoms with Gasteiger partial charge in [0.05, 0.1) is 5.25 Å². The van der Waals surface area contributed by atoms with Crippen molar-refractivity contribution < 1.29 is 8.42 Å². The van der Waals surface area contributed by atoms with E-state index in [0.29, 0.717) is 5.92 Å². The van der Waals surface area contributed by atoms with Crippen molar-refractivity contribution in [3.8, 4) is 0 Å². The van der Waals surface area contributed by atoms with Crippen LogP contribution in [0.1, 0.15) is 47.0 Å². The summed E-state index contributed by atoms with van der Waals surface area (Å²) in [6, 6.07) is 0.156. The third-order valence-electron chi connectivity index (χ3n) is 4.39. The van der Waals surface area contributed by atoms with Crippen molar-refractivity contribution in [2.45, 2.75) is 58.2 Å². The van der Waals surface area contributed by atoms with Crippen LogP contribution in [0.5, 0.6) is 0 Å². The minimum absolute atomic E-state index is 0.156. The molecule has 0 aromatic carbocycles. The molecule has 17 heavy (non-hydrogen) atoms. The predicted molar refractivity (Wildman–Crippen MR) is 72.9 cm³/mol. The predicted octanol–water partition coefficient (Wildman–Crippen LogP) is 2.22. The Morgan fingerprint density at radius 3 is 2.35 bits per heavy atom. The van der Waals surface area contributed by atoms with Crippen molar-refractivity contribution >= 4 is 9.84 Å². The fourth-order valence-corrected chi connectivity index (χ4v) is 3.69. The maximum atomic E-state index is 11.7. The molecule has 4 heteroatoms.